The number of fused-ring (bicyclic) bond motifs is 6. The Morgan fingerprint density at radius 1 is 1.00 bits per heavy atom. The number of rotatable bonds is 0. The molecule has 0 aliphatic heterocycles. The van der Waals surface area contributed by atoms with Gasteiger partial charge in [0.2, 0.25) is 0 Å². The quantitative estimate of drug-likeness (QED) is 0.699. The van der Waals surface area contributed by atoms with Crippen LogP contribution in [0.25, 0.3) is 29.0 Å². The molecule has 1 atom stereocenters. The SMILES string of the molecule is CC1=Cc2c(c3c(c4ccc(O)cc24)CC(O)=C(C)C=3)=CC1(C)O. The van der Waals surface area contributed by atoms with E-state index >= 15 is 0 Å². The lowest BCUT2D eigenvalue weighted by atomic mass is 9.82. The van der Waals surface area contributed by atoms with Crippen molar-refractivity contribution in [3.63, 3.8) is 0 Å². The second kappa shape index (κ2) is 4.74. The Bertz CT molecular complexity index is 1080. The van der Waals surface area contributed by atoms with E-state index in [4.69, 9.17) is 0 Å². The molecule has 24 heavy (non-hydrogen) atoms. The first-order valence-electron chi connectivity index (χ1n) is 8.10. The summed E-state index contributed by atoms with van der Waals surface area (Å²) in [6.45, 7) is 5.59. The van der Waals surface area contributed by atoms with Crippen LogP contribution in [0.5, 0.6) is 5.75 Å². The van der Waals surface area contributed by atoms with Crippen molar-refractivity contribution >= 4 is 29.0 Å². The average Bonchev–Trinajstić information content (AvgIpc) is 2.51. The van der Waals surface area contributed by atoms with Gasteiger partial charge in [-0.2, -0.15) is 0 Å². The molecule has 122 valence electrons. The second-order valence-electron chi connectivity index (χ2n) is 7.02. The number of phenolic OH excluding ortho intramolecular Hbond substituents is 1. The molecule has 0 amide bonds. The summed E-state index contributed by atoms with van der Waals surface area (Å²) >= 11 is 0. The number of hydrogen-bond donors (Lipinski definition) is 3. The lowest BCUT2D eigenvalue weighted by Gasteiger charge is -2.27. The Balaban J connectivity index is 2.29. The van der Waals surface area contributed by atoms with Gasteiger partial charge in [0.15, 0.2) is 0 Å². The van der Waals surface area contributed by atoms with Crippen molar-refractivity contribution in [2.24, 2.45) is 0 Å². The lowest BCUT2D eigenvalue weighted by molar-refractivity contribution is 0.167. The number of aliphatic hydroxyl groups excluding tert-OH is 1. The largest absolute Gasteiger partial charge is 0.512 e. The molecule has 3 heteroatoms. The summed E-state index contributed by atoms with van der Waals surface area (Å²) < 4.78 is 0. The summed E-state index contributed by atoms with van der Waals surface area (Å²) in [5.41, 5.74) is 2.75. The molecule has 0 saturated carbocycles. The smallest absolute Gasteiger partial charge is 0.116 e. The number of hydrogen-bond acceptors (Lipinski definition) is 3. The molecule has 4 rings (SSSR count). The minimum Gasteiger partial charge on any atom is -0.512 e. The van der Waals surface area contributed by atoms with Crippen molar-refractivity contribution in [2.45, 2.75) is 32.8 Å². The zero-order valence-corrected chi connectivity index (χ0v) is 14.0. The minimum atomic E-state index is -1.00. The molecule has 2 aliphatic carbocycles. The van der Waals surface area contributed by atoms with Gasteiger partial charge in [-0.1, -0.05) is 12.1 Å². The highest BCUT2D eigenvalue weighted by Crippen LogP contribution is 2.31. The first-order chi connectivity index (χ1) is 11.3. The van der Waals surface area contributed by atoms with Crippen LogP contribution in [0.2, 0.25) is 0 Å². The van der Waals surface area contributed by atoms with Gasteiger partial charge in [-0.25, -0.2) is 0 Å². The number of phenols is 1. The Hall–Kier alpha value is -2.52. The van der Waals surface area contributed by atoms with Gasteiger partial charge in [0, 0.05) is 6.42 Å². The molecule has 0 radical (unpaired) electrons. The highest BCUT2D eigenvalue weighted by molar-refractivity contribution is 5.96. The normalized spacial score (nSPS) is 22.4. The molecule has 3 nitrogen and oxygen atoms in total. The Kier molecular flexibility index (Phi) is 2.97. The standard InChI is InChI=1S/C21H20O3/c1-11-6-15-18(9-20(11)23)14-5-4-13(22)8-17(14)16-7-12(2)21(3,24)10-19(15)16/h4-8,10,22-24H,9H2,1-3H3. The zero-order valence-electron chi connectivity index (χ0n) is 14.0. The van der Waals surface area contributed by atoms with E-state index in [1.54, 1.807) is 19.1 Å². The van der Waals surface area contributed by atoms with Crippen molar-refractivity contribution in [3.05, 3.63) is 56.7 Å². The fourth-order valence-electron chi connectivity index (χ4n) is 3.65. The predicted octanol–water partition coefficient (Wildman–Crippen LogP) is 2.66. The van der Waals surface area contributed by atoms with Gasteiger partial charge in [0.05, 0.1) is 5.76 Å². The molecular formula is C21H20O3. The number of allylic oxidation sites excluding steroid dienone is 2. The first-order valence-corrected chi connectivity index (χ1v) is 8.10. The van der Waals surface area contributed by atoms with Crippen molar-refractivity contribution in [3.8, 4) is 5.75 Å². The highest BCUT2D eigenvalue weighted by Gasteiger charge is 2.26. The monoisotopic (exact) mass is 320 g/mol. The van der Waals surface area contributed by atoms with E-state index in [0.717, 1.165) is 43.5 Å². The molecule has 0 bridgehead atoms. The van der Waals surface area contributed by atoms with Gasteiger partial charge in [-0.15, -0.1) is 0 Å². The van der Waals surface area contributed by atoms with E-state index in [0.29, 0.717) is 12.2 Å². The van der Waals surface area contributed by atoms with Gasteiger partial charge in [0.25, 0.3) is 0 Å². The maximum absolute atomic E-state index is 10.7. The van der Waals surface area contributed by atoms with Crippen molar-refractivity contribution in [2.75, 3.05) is 0 Å². The van der Waals surface area contributed by atoms with Gasteiger partial charge >= 0.3 is 0 Å². The third kappa shape index (κ3) is 2.01. The van der Waals surface area contributed by atoms with Gasteiger partial charge in [0.1, 0.15) is 11.4 Å². The van der Waals surface area contributed by atoms with E-state index < -0.39 is 5.60 Å². The molecule has 0 heterocycles. The summed E-state index contributed by atoms with van der Waals surface area (Å²) in [6.07, 6.45) is 6.33. The van der Waals surface area contributed by atoms with E-state index in [1.165, 1.54) is 0 Å². The van der Waals surface area contributed by atoms with Gasteiger partial charge in [-0.05, 0) is 88.5 Å². The van der Waals surface area contributed by atoms with E-state index in [9.17, 15) is 15.3 Å². The van der Waals surface area contributed by atoms with Crippen molar-refractivity contribution in [1.29, 1.82) is 0 Å². The minimum absolute atomic E-state index is 0.212. The van der Waals surface area contributed by atoms with Crippen LogP contribution in [-0.4, -0.2) is 20.9 Å². The molecule has 0 aromatic heterocycles. The second-order valence-corrected chi connectivity index (χ2v) is 7.02. The summed E-state index contributed by atoms with van der Waals surface area (Å²) in [5, 5.41) is 34.8. The fourth-order valence-corrected chi connectivity index (χ4v) is 3.65. The summed E-state index contributed by atoms with van der Waals surface area (Å²) in [4.78, 5) is 0. The van der Waals surface area contributed by atoms with Crippen LogP contribution in [-0.2, 0) is 6.42 Å². The van der Waals surface area contributed by atoms with E-state index in [-0.39, 0.29) is 5.75 Å². The average molecular weight is 320 g/mol. The molecule has 0 fully saturated rings. The van der Waals surface area contributed by atoms with Crippen LogP contribution in [0.4, 0.5) is 0 Å². The molecule has 2 aliphatic rings. The van der Waals surface area contributed by atoms with Crippen LogP contribution >= 0.6 is 0 Å². The van der Waals surface area contributed by atoms with Crippen LogP contribution in [0.1, 0.15) is 31.9 Å². The van der Waals surface area contributed by atoms with E-state index in [2.05, 4.69) is 0 Å². The zero-order chi connectivity index (χ0) is 17.2. The van der Waals surface area contributed by atoms with Crippen molar-refractivity contribution < 1.29 is 15.3 Å². The molecule has 2 aromatic rings. The Morgan fingerprint density at radius 3 is 2.50 bits per heavy atom. The predicted molar refractivity (Wildman–Crippen MR) is 97.1 cm³/mol. The van der Waals surface area contributed by atoms with Crippen LogP contribution in [0, 0.1) is 0 Å². The number of aliphatic hydroxyl groups is 2. The van der Waals surface area contributed by atoms with Crippen LogP contribution in [0.15, 0.2) is 35.1 Å². The lowest BCUT2D eigenvalue weighted by Crippen LogP contribution is -2.40. The van der Waals surface area contributed by atoms with Gasteiger partial charge < -0.3 is 15.3 Å². The third-order valence-electron chi connectivity index (χ3n) is 5.27. The molecule has 0 saturated heterocycles. The first kappa shape index (κ1) is 15.0. The molecule has 2 aromatic carbocycles. The van der Waals surface area contributed by atoms with Crippen molar-refractivity contribution in [1.82, 2.24) is 0 Å². The fraction of sp³-hybridized carbons (Fsp3) is 0.238. The summed E-state index contributed by atoms with van der Waals surface area (Å²) in [7, 11) is 0. The number of aromatic hydroxyl groups is 1. The Morgan fingerprint density at radius 2 is 1.75 bits per heavy atom. The molecule has 1 unspecified atom stereocenters. The van der Waals surface area contributed by atoms with E-state index in [1.807, 2.05) is 38.1 Å². The number of benzene rings is 2. The highest BCUT2D eigenvalue weighted by atomic mass is 16.3. The molecular weight excluding hydrogens is 300 g/mol. The summed E-state index contributed by atoms with van der Waals surface area (Å²) in [5.74, 6) is 0.579. The van der Waals surface area contributed by atoms with Crippen LogP contribution < -0.4 is 10.4 Å². The summed E-state index contributed by atoms with van der Waals surface area (Å²) in [6, 6.07) is 5.34. The molecule has 0 spiro atoms. The maximum atomic E-state index is 10.7. The van der Waals surface area contributed by atoms with Crippen LogP contribution in [0.3, 0.4) is 0 Å². The third-order valence-corrected chi connectivity index (χ3v) is 5.27. The maximum Gasteiger partial charge on any atom is 0.116 e. The Labute approximate surface area is 140 Å². The topological polar surface area (TPSA) is 60.7 Å². The molecule has 3 N–H and O–H groups in total. The van der Waals surface area contributed by atoms with Gasteiger partial charge in [-0.3, -0.25) is 0 Å².